The number of rotatable bonds is 10. The van der Waals surface area contributed by atoms with Crippen molar-refractivity contribution < 1.29 is 33.4 Å². The number of nitrogens with zero attached hydrogens (tertiary/aromatic N) is 1. The molecule has 9 heteroatoms. The van der Waals surface area contributed by atoms with Crippen LogP contribution in [0.3, 0.4) is 0 Å². The van der Waals surface area contributed by atoms with E-state index >= 15 is 0 Å². The van der Waals surface area contributed by atoms with Crippen LogP contribution in [0.1, 0.15) is 35.4 Å². The number of carbonyl (C=O) groups excluding carboxylic acids is 1. The summed E-state index contributed by atoms with van der Waals surface area (Å²) < 4.78 is 21.9. The van der Waals surface area contributed by atoms with Gasteiger partial charge in [0.1, 0.15) is 11.8 Å². The van der Waals surface area contributed by atoms with Gasteiger partial charge in [0.05, 0.1) is 6.61 Å². The highest BCUT2D eigenvalue weighted by atomic mass is 35.5. The lowest BCUT2D eigenvalue weighted by atomic mass is 10.1. The molecule has 1 aromatic heterocycles. The van der Waals surface area contributed by atoms with Crippen LogP contribution in [0.25, 0.3) is 11.3 Å². The number of hydrogen-bond acceptors (Lipinski definition) is 7. The number of benzene rings is 3. The molecule has 0 aliphatic carbocycles. The van der Waals surface area contributed by atoms with Crippen molar-refractivity contribution in [2.24, 2.45) is 0 Å². The summed E-state index contributed by atoms with van der Waals surface area (Å²) >= 11 is 5.90. The minimum atomic E-state index is -1.05. The van der Waals surface area contributed by atoms with Crippen molar-refractivity contribution in [2.45, 2.75) is 39.1 Å². The maximum atomic E-state index is 12.5. The van der Waals surface area contributed by atoms with Crippen LogP contribution in [0.4, 0.5) is 4.79 Å². The number of carbonyl (C=O) groups is 2. The van der Waals surface area contributed by atoms with Crippen LogP contribution in [-0.2, 0) is 27.3 Å². The average Bonchev–Trinajstić information content (AvgIpc) is 3.27. The summed E-state index contributed by atoms with van der Waals surface area (Å²) in [5.74, 6) is -0.623. The summed E-state index contributed by atoms with van der Waals surface area (Å²) in [6, 6.07) is 23.3. The Morgan fingerprint density at radius 2 is 1.63 bits per heavy atom. The Morgan fingerprint density at radius 1 is 0.974 bits per heavy atom. The first-order chi connectivity index (χ1) is 18.3. The monoisotopic (exact) mass is 535 g/mol. The number of halogens is 1. The Hall–Kier alpha value is -4.14. The average molecular weight is 536 g/mol. The highest BCUT2D eigenvalue weighted by molar-refractivity contribution is 6.30. The minimum absolute atomic E-state index is 0.0906. The van der Waals surface area contributed by atoms with Gasteiger partial charge in [0, 0.05) is 17.0 Å². The first-order valence-corrected chi connectivity index (χ1v) is 12.3. The highest BCUT2D eigenvalue weighted by Crippen LogP contribution is 2.34. The van der Waals surface area contributed by atoms with Gasteiger partial charge in [0.15, 0.2) is 6.10 Å². The first kappa shape index (κ1) is 26.9. The lowest BCUT2D eigenvalue weighted by molar-refractivity contribution is -0.151. The van der Waals surface area contributed by atoms with Crippen LogP contribution in [-0.4, -0.2) is 28.5 Å². The summed E-state index contributed by atoms with van der Waals surface area (Å²) in [6.45, 7) is 3.50. The molecule has 0 aliphatic heterocycles. The lowest BCUT2D eigenvalue weighted by Crippen LogP contribution is -2.26. The zero-order valence-electron chi connectivity index (χ0n) is 20.8. The summed E-state index contributed by atoms with van der Waals surface area (Å²) in [5.41, 5.74) is 3.41. The van der Waals surface area contributed by atoms with Crippen molar-refractivity contribution in [3.63, 3.8) is 0 Å². The third-order valence-electron chi connectivity index (χ3n) is 5.81. The van der Waals surface area contributed by atoms with Crippen LogP contribution in [0.2, 0.25) is 5.02 Å². The molecule has 0 amide bonds. The van der Waals surface area contributed by atoms with E-state index in [2.05, 4.69) is 5.16 Å². The highest BCUT2D eigenvalue weighted by Gasteiger charge is 2.23. The fraction of sp³-hybridized carbons (Fsp3) is 0.207. The molecule has 4 rings (SSSR count). The van der Waals surface area contributed by atoms with Crippen molar-refractivity contribution >= 4 is 23.7 Å². The van der Waals surface area contributed by atoms with E-state index in [1.54, 1.807) is 62.4 Å². The molecule has 0 saturated heterocycles. The molecule has 4 aromatic rings. The predicted molar refractivity (Wildman–Crippen MR) is 140 cm³/mol. The van der Waals surface area contributed by atoms with Gasteiger partial charge in [-0.05, 0) is 42.7 Å². The van der Waals surface area contributed by atoms with Crippen molar-refractivity contribution in [3.05, 3.63) is 106 Å². The topological polar surface area (TPSA) is 108 Å². The van der Waals surface area contributed by atoms with E-state index in [9.17, 15) is 14.7 Å². The molecule has 0 aliphatic rings. The van der Waals surface area contributed by atoms with Gasteiger partial charge < -0.3 is 23.8 Å². The second-order valence-corrected chi connectivity index (χ2v) is 9.05. The third-order valence-corrected chi connectivity index (χ3v) is 6.07. The number of carboxylic acids is 1. The van der Waals surface area contributed by atoms with Gasteiger partial charge in [-0.1, -0.05) is 83.5 Å². The third kappa shape index (κ3) is 7.00. The molecule has 0 saturated carbocycles. The second-order valence-electron chi connectivity index (χ2n) is 8.61. The molecule has 0 spiro atoms. The number of carboxylic acid groups (broad SMARTS) is 1. The molecule has 3 aromatic carbocycles. The maximum Gasteiger partial charge on any atom is 0.514 e. The number of hydrogen-bond donors (Lipinski definition) is 1. The van der Waals surface area contributed by atoms with E-state index in [1.807, 2.05) is 30.3 Å². The normalized spacial score (nSPS) is 12.5. The van der Waals surface area contributed by atoms with Crippen LogP contribution in [0.5, 0.6) is 5.75 Å². The van der Waals surface area contributed by atoms with E-state index in [4.69, 9.17) is 30.3 Å². The fourth-order valence-corrected chi connectivity index (χ4v) is 3.84. The molecule has 196 valence electrons. The van der Waals surface area contributed by atoms with E-state index in [0.717, 1.165) is 16.7 Å². The minimum Gasteiger partial charge on any atom is -0.479 e. The molecule has 2 unspecified atom stereocenters. The molecular formula is C29H26ClNO7. The van der Waals surface area contributed by atoms with Gasteiger partial charge in [0.2, 0.25) is 11.5 Å². The van der Waals surface area contributed by atoms with Crippen molar-refractivity contribution in [1.82, 2.24) is 5.16 Å². The summed E-state index contributed by atoms with van der Waals surface area (Å²) in [5, 5.41) is 14.1. The summed E-state index contributed by atoms with van der Waals surface area (Å²) in [6.07, 6.45) is -2.18. The van der Waals surface area contributed by atoms with E-state index in [-0.39, 0.29) is 24.5 Å². The van der Waals surface area contributed by atoms with Gasteiger partial charge in [0.25, 0.3) is 0 Å². The van der Waals surface area contributed by atoms with Gasteiger partial charge in [-0.25, -0.2) is 9.59 Å². The van der Waals surface area contributed by atoms with Crippen LogP contribution < -0.4 is 4.74 Å². The maximum absolute atomic E-state index is 12.5. The second kappa shape index (κ2) is 12.4. The van der Waals surface area contributed by atoms with Crippen molar-refractivity contribution in [1.29, 1.82) is 0 Å². The number of aryl methyl sites for hydroxylation is 1. The standard InChI is InChI=1S/C29H26ClNO7/c1-18-26(37-29(34)36-19(2)22-6-4-3-5-7-22)27(38-31-18)23-12-8-21(9-13-23)17-35-25(28(32)33)16-20-10-14-24(30)15-11-20/h3-15,19,25H,16-17H2,1-2H3,(H,32,33). The quantitative estimate of drug-likeness (QED) is 0.221. The zero-order chi connectivity index (χ0) is 27.1. The molecular weight excluding hydrogens is 510 g/mol. The molecule has 1 heterocycles. The summed E-state index contributed by atoms with van der Waals surface area (Å²) in [7, 11) is 0. The molecule has 2 atom stereocenters. The Kier molecular flexibility index (Phi) is 8.78. The molecule has 0 radical (unpaired) electrons. The smallest absolute Gasteiger partial charge is 0.479 e. The predicted octanol–water partition coefficient (Wildman–Crippen LogP) is 6.79. The molecule has 0 bridgehead atoms. The molecule has 8 nitrogen and oxygen atoms in total. The number of aromatic nitrogens is 1. The van der Waals surface area contributed by atoms with Crippen molar-refractivity contribution in [3.8, 4) is 17.1 Å². The van der Waals surface area contributed by atoms with Gasteiger partial charge in [-0.3, -0.25) is 0 Å². The molecule has 1 N–H and O–H groups in total. The molecule has 38 heavy (non-hydrogen) atoms. The lowest BCUT2D eigenvalue weighted by Gasteiger charge is -2.14. The van der Waals surface area contributed by atoms with E-state index < -0.39 is 24.3 Å². The number of ether oxygens (including phenoxy) is 3. The van der Waals surface area contributed by atoms with Crippen molar-refractivity contribution in [2.75, 3.05) is 0 Å². The Labute approximate surface area is 224 Å². The summed E-state index contributed by atoms with van der Waals surface area (Å²) in [4.78, 5) is 24.1. The fourth-order valence-electron chi connectivity index (χ4n) is 3.71. The van der Waals surface area contributed by atoms with E-state index in [1.165, 1.54) is 0 Å². The van der Waals surface area contributed by atoms with Gasteiger partial charge in [-0.2, -0.15) is 0 Å². The SMILES string of the molecule is Cc1noc(-c2ccc(COC(Cc3ccc(Cl)cc3)C(=O)O)cc2)c1OC(=O)OC(C)c1ccccc1. The van der Waals surface area contributed by atoms with E-state index in [0.29, 0.717) is 16.3 Å². The van der Waals surface area contributed by atoms with Gasteiger partial charge in [-0.15, -0.1) is 0 Å². The van der Waals surface area contributed by atoms with Crippen LogP contribution in [0.15, 0.2) is 83.4 Å². The zero-order valence-corrected chi connectivity index (χ0v) is 21.6. The number of aliphatic carboxylic acids is 1. The van der Waals surface area contributed by atoms with Crippen LogP contribution in [0, 0.1) is 6.92 Å². The Morgan fingerprint density at radius 3 is 2.29 bits per heavy atom. The Bertz CT molecular complexity index is 1370. The van der Waals surface area contributed by atoms with Gasteiger partial charge >= 0.3 is 12.1 Å². The molecule has 0 fully saturated rings. The van der Waals surface area contributed by atoms with Crippen LogP contribution >= 0.6 is 11.6 Å². The largest absolute Gasteiger partial charge is 0.514 e. The Balaban J connectivity index is 1.38. The first-order valence-electron chi connectivity index (χ1n) is 11.9.